The highest BCUT2D eigenvalue weighted by atomic mass is 32.1. The molecule has 1 atom stereocenters. The summed E-state index contributed by atoms with van der Waals surface area (Å²) in [5.74, 6) is -1.52. The van der Waals surface area contributed by atoms with Gasteiger partial charge in [0, 0.05) is 29.0 Å². The molecule has 8 nitrogen and oxygen atoms in total. The Balaban J connectivity index is 2.04. The van der Waals surface area contributed by atoms with Crippen LogP contribution < -0.4 is 16.3 Å². The van der Waals surface area contributed by atoms with Gasteiger partial charge in [-0.3, -0.25) is 9.68 Å². The van der Waals surface area contributed by atoms with E-state index < -0.39 is 23.5 Å². The maximum absolute atomic E-state index is 11.8. The van der Waals surface area contributed by atoms with E-state index in [1.165, 1.54) is 6.07 Å². The van der Waals surface area contributed by atoms with Crippen LogP contribution in [0.15, 0.2) is 33.5 Å². The second kappa shape index (κ2) is 7.84. The number of nitrogens with one attached hydrogen (secondary N) is 2. The van der Waals surface area contributed by atoms with Gasteiger partial charge in [0.15, 0.2) is 0 Å². The van der Waals surface area contributed by atoms with E-state index in [0.717, 1.165) is 10.9 Å². The molecule has 0 saturated carbocycles. The summed E-state index contributed by atoms with van der Waals surface area (Å²) in [5, 5.41) is 14.3. The van der Waals surface area contributed by atoms with Crippen LogP contribution in [0.5, 0.6) is 0 Å². The normalized spacial score (nSPS) is 11.8. The number of carbonyl (C=O) groups excluding carboxylic acids is 2. The summed E-state index contributed by atoms with van der Waals surface area (Å²) >= 11 is 3.89. The minimum Gasteiger partial charge on any atom is -0.423 e. The summed E-state index contributed by atoms with van der Waals surface area (Å²) in [4.78, 5) is 38.0. The zero-order valence-electron chi connectivity index (χ0n) is 12.7. The molecule has 1 heterocycles. The number of thiol groups is 1. The van der Waals surface area contributed by atoms with E-state index in [9.17, 15) is 14.4 Å². The molecule has 9 heteroatoms. The molecule has 2 rings (SSSR count). The predicted octanol–water partition coefficient (Wildman–Crippen LogP) is 0.944. The van der Waals surface area contributed by atoms with Crippen molar-refractivity contribution in [3.8, 4) is 0 Å². The van der Waals surface area contributed by atoms with Crippen molar-refractivity contribution in [2.75, 3.05) is 17.6 Å². The molecule has 0 aliphatic heterocycles. The average Bonchev–Trinajstić information content (AvgIpc) is 2.56. The molecule has 0 fully saturated rings. The van der Waals surface area contributed by atoms with E-state index in [-0.39, 0.29) is 12.3 Å². The van der Waals surface area contributed by atoms with Gasteiger partial charge in [-0.15, -0.1) is 0 Å². The van der Waals surface area contributed by atoms with E-state index in [0.29, 0.717) is 11.3 Å². The highest BCUT2D eigenvalue weighted by Gasteiger charge is 2.20. The van der Waals surface area contributed by atoms with Gasteiger partial charge in [0.25, 0.3) is 0 Å². The van der Waals surface area contributed by atoms with Crippen molar-refractivity contribution in [2.24, 2.45) is 0 Å². The van der Waals surface area contributed by atoms with Crippen molar-refractivity contribution in [1.29, 1.82) is 0 Å². The maximum Gasteiger partial charge on any atom is 0.364 e. The number of fused-ring (bicyclic) bond motifs is 1. The van der Waals surface area contributed by atoms with Crippen molar-refractivity contribution in [1.82, 2.24) is 5.32 Å². The highest BCUT2D eigenvalue weighted by Crippen LogP contribution is 2.20. The highest BCUT2D eigenvalue weighted by molar-refractivity contribution is 7.80. The molecule has 0 radical (unpaired) electrons. The van der Waals surface area contributed by atoms with Crippen molar-refractivity contribution in [3.63, 3.8) is 0 Å². The first kappa shape index (κ1) is 17.8. The molecule has 128 valence electrons. The molecule has 1 aromatic heterocycles. The molecule has 3 N–H and O–H groups in total. The molecule has 0 bridgehead atoms. The van der Waals surface area contributed by atoms with Gasteiger partial charge in [0.1, 0.15) is 11.6 Å². The lowest BCUT2D eigenvalue weighted by Crippen LogP contribution is -2.45. The molecule has 2 aromatic rings. The van der Waals surface area contributed by atoms with Crippen LogP contribution in [0, 0.1) is 6.92 Å². The zero-order chi connectivity index (χ0) is 17.7. The Hall–Kier alpha value is -2.52. The molecule has 0 aliphatic rings. The van der Waals surface area contributed by atoms with Crippen LogP contribution >= 0.6 is 12.6 Å². The van der Waals surface area contributed by atoms with Gasteiger partial charge in [0.2, 0.25) is 5.91 Å². The van der Waals surface area contributed by atoms with Gasteiger partial charge in [-0.2, -0.15) is 17.9 Å². The second-order valence-corrected chi connectivity index (χ2v) is 5.39. The van der Waals surface area contributed by atoms with Gasteiger partial charge in [0.05, 0.1) is 6.54 Å². The number of anilines is 1. The minimum absolute atomic E-state index is 0.0223. The number of carbonyl (C=O) groups is 2. The lowest BCUT2D eigenvalue weighted by molar-refractivity contribution is -0.236. The van der Waals surface area contributed by atoms with Gasteiger partial charge in [-0.05, 0) is 24.6 Å². The van der Waals surface area contributed by atoms with Crippen LogP contribution in [0.2, 0.25) is 0 Å². The SMILES string of the molecule is Cc1cc(=O)oc2cc(NCC(=O)NC(CS)C(=O)OO)ccc12. The molecule has 0 spiro atoms. The summed E-state index contributed by atoms with van der Waals surface area (Å²) in [7, 11) is 0. The van der Waals surface area contributed by atoms with Gasteiger partial charge >= 0.3 is 11.6 Å². The number of hydrogen-bond acceptors (Lipinski definition) is 8. The molecule has 24 heavy (non-hydrogen) atoms. The van der Waals surface area contributed by atoms with Crippen LogP contribution in [0.4, 0.5) is 5.69 Å². The van der Waals surface area contributed by atoms with E-state index in [4.69, 9.17) is 9.67 Å². The quantitative estimate of drug-likeness (QED) is 0.264. The van der Waals surface area contributed by atoms with E-state index in [1.807, 2.05) is 0 Å². The Bertz CT molecular complexity index is 819. The summed E-state index contributed by atoms with van der Waals surface area (Å²) in [5.41, 5.74) is 1.32. The zero-order valence-corrected chi connectivity index (χ0v) is 13.6. The fourth-order valence-electron chi connectivity index (χ4n) is 2.11. The van der Waals surface area contributed by atoms with Crippen LogP contribution in [0.3, 0.4) is 0 Å². The number of benzene rings is 1. The van der Waals surface area contributed by atoms with Crippen molar-refractivity contribution < 1.29 is 24.2 Å². The monoisotopic (exact) mass is 352 g/mol. The molecule has 1 amide bonds. The first-order valence-electron chi connectivity index (χ1n) is 6.98. The Morgan fingerprint density at radius 2 is 2.12 bits per heavy atom. The van der Waals surface area contributed by atoms with Gasteiger partial charge < -0.3 is 15.1 Å². The van der Waals surface area contributed by atoms with Crippen molar-refractivity contribution in [2.45, 2.75) is 13.0 Å². The summed E-state index contributed by atoms with van der Waals surface area (Å²) in [6.45, 7) is 1.67. The fraction of sp³-hybridized carbons (Fsp3) is 0.267. The fourth-order valence-corrected chi connectivity index (χ4v) is 2.35. The van der Waals surface area contributed by atoms with Gasteiger partial charge in [-0.1, -0.05) is 0 Å². The minimum atomic E-state index is -1.05. The molecule has 0 aliphatic carbocycles. The second-order valence-electron chi connectivity index (χ2n) is 5.03. The molecule has 1 unspecified atom stereocenters. The maximum atomic E-state index is 11.8. The predicted molar refractivity (Wildman–Crippen MR) is 90.2 cm³/mol. The average molecular weight is 352 g/mol. The van der Waals surface area contributed by atoms with Crippen LogP contribution in [-0.4, -0.2) is 35.5 Å². The summed E-state index contributed by atoms with van der Waals surface area (Å²) in [6.07, 6.45) is 0. The number of amides is 1. The van der Waals surface area contributed by atoms with Crippen LogP contribution in [-0.2, 0) is 14.5 Å². The smallest absolute Gasteiger partial charge is 0.364 e. The number of hydrogen-bond donors (Lipinski definition) is 4. The summed E-state index contributed by atoms with van der Waals surface area (Å²) < 4.78 is 5.12. The molecular weight excluding hydrogens is 336 g/mol. The van der Waals surface area contributed by atoms with Crippen molar-refractivity contribution >= 4 is 41.2 Å². The van der Waals surface area contributed by atoms with Crippen molar-refractivity contribution in [3.05, 3.63) is 40.2 Å². The third kappa shape index (κ3) is 4.27. The van der Waals surface area contributed by atoms with E-state index in [2.05, 4.69) is 28.1 Å². The van der Waals surface area contributed by atoms with Gasteiger partial charge in [-0.25, -0.2) is 9.59 Å². The standard InChI is InChI=1S/C15H16N2O6S/c1-8-4-14(19)22-12-5-9(2-3-10(8)12)16-6-13(18)17-11(7-24)15(20)23-21/h2-5,11,16,21,24H,6-7H2,1H3,(H,17,18). The third-order valence-electron chi connectivity index (χ3n) is 3.30. The largest absolute Gasteiger partial charge is 0.423 e. The Morgan fingerprint density at radius 1 is 1.38 bits per heavy atom. The molecule has 0 saturated heterocycles. The third-order valence-corrected chi connectivity index (χ3v) is 3.66. The Morgan fingerprint density at radius 3 is 2.79 bits per heavy atom. The first-order chi connectivity index (χ1) is 11.4. The summed E-state index contributed by atoms with van der Waals surface area (Å²) in [6, 6.07) is 5.47. The number of rotatable bonds is 6. The molecular formula is C15H16N2O6S. The molecule has 1 aromatic carbocycles. The first-order valence-corrected chi connectivity index (χ1v) is 7.61. The Labute approximate surface area is 142 Å². The topological polar surface area (TPSA) is 118 Å². The van der Waals surface area contributed by atoms with Crippen LogP contribution in [0.25, 0.3) is 11.0 Å². The lowest BCUT2D eigenvalue weighted by Gasteiger charge is -2.13. The lowest BCUT2D eigenvalue weighted by atomic mass is 10.1. The van der Waals surface area contributed by atoms with E-state index in [1.54, 1.807) is 25.1 Å². The van der Waals surface area contributed by atoms with E-state index >= 15 is 0 Å². The van der Waals surface area contributed by atoms with Crippen LogP contribution in [0.1, 0.15) is 5.56 Å². The number of aryl methyl sites for hydroxylation is 1. The Kier molecular flexibility index (Phi) is 5.83.